The van der Waals surface area contributed by atoms with E-state index in [1.807, 2.05) is 48.5 Å². The molecular weight excluding hydrogens is 441 g/mol. The van der Waals surface area contributed by atoms with Gasteiger partial charge in [0.15, 0.2) is 5.60 Å². The molecule has 0 radical (unpaired) electrons. The maximum atomic E-state index is 12.0. The number of aliphatic hydroxyl groups is 1. The van der Waals surface area contributed by atoms with Crippen molar-refractivity contribution in [3.05, 3.63) is 124 Å². The van der Waals surface area contributed by atoms with Gasteiger partial charge in [0.05, 0.1) is 21.9 Å². The van der Waals surface area contributed by atoms with Gasteiger partial charge in [0, 0.05) is 23.3 Å². The normalized spacial score (nSPS) is 11.6. The minimum Gasteiger partial charge on any atom is -0.373 e. The molecule has 156 valence electrons. The Morgan fingerprint density at radius 3 is 1.94 bits per heavy atom. The lowest BCUT2D eigenvalue weighted by molar-refractivity contribution is 0.116. The summed E-state index contributed by atoms with van der Waals surface area (Å²) in [5.74, 6) is 0. The first-order chi connectivity index (χ1) is 15.6. The zero-order valence-electron chi connectivity index (χ0n) is 16.8. The van der Waals surface area contributed by atoms with Gasteiger partial charge >= 0.3 is 0 Å². The van der Waals surface area contributed by atoms with Crippen LogP contribution in [-0.4, -0.2) is 20.1 Å². The molecule has 3 heterocycles. The van der Waals surface area contributed by atoms with Crippen molar-refractivity contribution < 1.29 is 5.11 Å². The highest BCUT2D eigenvalue weighted by Crippen LogP contribution is 2.41. The lowest BCUT2D eigenvalue weighted by Crippen LogP contribution is -2.31. The number of hydrogen-bond donors (Lipinski definition) is 1. The van der Waals surface area contributed by atoms with E-state index in [-0.39, 0.29) is 0 Å². The van der Waals surface area contributed by atoms with Crippen molar-refractivity contribution in [1.29, 1.82) is 0 Å². The first-order valence-electron chi connectivity index (χ1n) is 9.99. The topological polar surface area (TPSA) is 58.9 Å². The monoisotopic (exact) mass is 457 g/mol. The van der Waals surface area contributed by atoms with Crippen molar-refractivity contribution in [2.24, 2.45) is 0 Å². The predicted octanol–water partition coefficient (Wildman–Crippen LogP) is 6.28. The van der Waals surface area contributed by atoms with Crippen LogP contribution in [-0.2, 0) is 5.60 Å². The second-order valence-corrected chi connectivity index (χ2v) is 8.07. The fourth-order valence-electron chi connectivity index (χ4n) is 3.85. The Morgan fingerprint density at radius 1 is 0.719 bits per heavy atom. The standard InChI is InChI=1S/C26H17Cl2N3O/c27-24-19-16-18(12-13-20(19)31-25(28)23(24)17-8-2-1-3-9-17)26(32,21-10-4-6-14-29-21)22-11-5-7-15-30-22/h1-16,32H. The van der Waals surface area contributed by atoms with E-state index >= 15 is 0 Å². The second kappa shape index (κ2) is 8.32. The molecule has 0 bridgehead atoms. The minimum absolute atomic E-state index is 0.325. The number of nitrogens with zero attached hydrogens (tertiary/aromatic N) is 3. The average molecular weight is 458 g/mol. The lowest BCUT2D eigenvalue weighted by atomic mass is 9.85. The molecule has 0 saturated carbocycles. The summed E-state index contributed by atoms with van der Waals surface area (Å²) in [6.45, 7) is 0. The summed E-state index contributed by atoms with van der Waals surface area (Å²) in [6.07, 6.45) is 3.29. The highest BCUT2D eigenvalue weighted by molar-refractivity contribution is 6.42. The Labute approximate surface area is 195 Å². The third-order valence-electron chi connectivity index (χ3n) is 5.43. The Morgan fingerprint density at radius 2 is 1.34 bits per heavy atom. The molecule has 0 aliphatic carbocycles. The summed E-state index contributed by atoms with van der Waals surface area (Å²) in [5.41, 5.74) is 2.07. The average Bonchev–Trinajstić information content (AvgIpc) is 2.85. The minimum atomic E-state index is -1.58. The van der Waals surface area contributed by atoms with Gasteiger partial charge in [-0.25, -0.2) is 4.98 Å². The first kappa shape index (κ1) is 20.6. The van der Waals surface area contributed by atoms with E-state index in [1.165, 1.54) is 0 Å². The summed E-state index contributed by atoms with van der Waals surface area (Å²) in [6, 6.07) is 25.9. The van der Waals surface area contributed by atoms with Crippen molar-refractivity contribution >= 4 is 34.1 Å². The molecule has 0 fully saturated rings. The van der Waals surface area contributed by atoms with Crippen LogP contribution in [0.15, 0.2) is 97.3 Å². The van der Waals surface area contributed by atoms with E-state index in [9.17, 15) is 5.11 Å². The molecule has 5 aromatic rings. The molecule has 0 aliphatic rings. The quantitative estimate of drug-likeness (QED) is 0.322. The van der Waals surface area contributed by atoms with Crippen molar-refractivity contribution in [3.63, 3.8) is 0 Å². The molecule has 0 saturated heterocycles. The summed E-state index contributed by atoms with van der Waals surface area (Å²) >= 11 is 13.4. The molecule has 2 aromatic carbocycles. The van der Waals surface area contributed by atoms with Crippen molar-refractivity contribution in [2.75, 3.05) is 0 Å². The van der Waals surface area contributed by atoms with E-state index in [0.29, 0.717) is 43.6 Å². The van der Waals surface area contributed by atoms with Crippen LogP contribution in [0, 0.1) is 0 Å². The van der Waals surface area contributed by atoms with Crippen molar-refractivity contribution in [3.8, 4) is 11.1 Å². The van der Waals surface area contributed by atoms with E-state index in [0.717, 1.165) is 5.56 Å². The third-order valence-corrected chi connectivity index (χ3v) is 6.09. The van der Waals surface area contributed by atoms with Crippen LogP contribution in [0.1, 0.15) is 17.0 Å². The number of rotatable bonds is 4. The van der Waals surface area contributed by atoms with Crippen LogP contribution in [0.5, 0.6) is 0 Å². The zero-order valence-corrected chi connectivity index (χ0v) is 18.3. The summed E-state index contributed by atoms with van der Waals surface area (Å²) in [5, 5.41) is 13.5. The number of aromatic nitrogens is 3. The number of fused-ring (bicyclic) bond motifs is 1. The van der Waals surface area contributed by atoms with Gasteiger partial charge in [-0.1, -0.05) is 71.7 Å². The molecule has 3 aromatic heterocycles. The maximum absolute atomic E-state index is 12.0. The van der Waals surface area contributed by atoms with Gasteiger partial charge in [0.25, 0.3) is 0 Å². The third kappa shape index (κ3) is 3.43. The molecule has 0 amide bonds. The fourth-order valence-corrected chi connectivity index (χ4v) is 4.55. The molecular formula is C26H17Cl2N3O. The van der Waals surface area contributed by atoms with Crippen LogP contribution < -0.4 is 0 Å². The smallest absolute Gasteiger partial charge is 0.174 e. The van der Waals surface area contributed by atoms with Gasteiger partial charge in [-0.05, 0) is 47.5 Å². The number of pyridine rings is 3. The predicted molar refractivity (Wildman–Crippen MR) is 128 cm³/mol. The maximum Gasteiger partial charge on any atom is 0.174 e. The van der Waals surface area contributed by atoms with Gasteiger partial charge in [-0.2, -0.15) is 0 Å². The number of halogens is 2. The lowest BCUT2D eigenvalue weighted by Gasteiger charge is -2.28. The Bertz CT molecular complexity index is 1360. The molecule has 1 N–H and O–H groups in total. The molecule has 0 atom stereocenters. The van der Waals surface area contributed by atoms with Crippen LogP contribution in [0.3, 0.4) is 0 Å². The molecule has 6 heteroatoms. The summed E-state index contributed by atoms with van der Waals surface area (Å²) in [7, 11) is 0. The Kier molecular flexibility index (Phi) is 5.35. The van der Waals surface area contributed by atoms with Gasteiger partial charge in [0.1, 0.15) is 5.15 Å². The second-order valence-electron chi connectivity index (χ2n) is 7.33. The van der Waals surface area contributed by atoms with Gasteiger partial charge in [-0.15, -0.1) is 0 Å². The highest BCUT2D eigenvalue weighted by Gasteiger charge is 2.37. The van der Waals surface area contributed by atoms with Gasteiger partial charge in [0.2, 0.25) is 0 Å². The molecule has 0 spiro atoms. The summed E-state index contributed by atoms with van der Waals surface area (Å²) in [4.78, 5) is 13.4. The largest absolute Gasteiger partial charge is 0.373 e. The molecule has 0 aliphatic heterocycles. The molecule has 4 nitrogen and oxygen atoms in total. The van der Waals surface area contributed by atoms with Crippen LogP contribution in [0.4, 0.5) is 0 Å². The SMILES string of the molecule is OC(c1ccc2nc(Cl)c(-c3ccccc3)c(Cl)c2c1)(c1ccccn1)c1ccccn1. The first-order valence-corrected chi connectivity index (χ1v) is 10.7. The molecule has 32 heavy (non-hydrogen) atoms. The van der Waals surface area contributed by atoms with E-state index < -0.39 is 5.60 Å². The van der Waals surface area contributed by atoms with E-state index in [1.54, 1.807) is 48.8 Å². The number of hydrogen-bond acceptors (Lipinski definition) is 4. The van der Waals surface area contributed by atoms with Crippen molar-refractivity contribution in [2.45, 2.75) is 5.60 Å². The Balaban J connectivity index is 1.78. The Hall–Kier alpha value is -3.31. The van der Waals surface area contributed by atoms with Crippen LogP contribution in [0.25, 0.3) is 22.0 Å². The van der Waals surface area contributed by atoms with E-state index in [2.05, 4.69) is 15.0 Å². The molecule has 5 rings (SSSR count). The number of benzene rings is 2. The summed E-state index contributed by atoms with van der Waals surface area (Å²) < 4.78 is 0. The van der Waals surface area contributed by atoms with Crippen LogP contribution >= 0.6 is 23.2 Å². The van der Waals surface area contributed by atoms with Gasteiger partial charge < -0.3 is 5.11 Å². The van der Waals surface area contributed by atoms with Crippen molar-refractivity contribution in [1.82, 2.24) is 15.0 Å². The van der Waals surface area contributed by atoms with Gasteiger partial charge in [-0.3, -0.25) is 9.97 Å². The fraction of sp³-hybridized carbons (Fsp3) is 0.0385. The molecule has 0 unspecified atom stereocenters. The zero-order chi connectivity index (χ0) is 22.1. The van der Waals surface area contributed by atoms with E-state index in [4.69, 9.17) is 23.2 Å². The highest BCUT2D eigenvalue weighted by atomic mass is 35.5. The van der Waals surface area contributed by atoms with Crippen LogP contribution in [0.2, 0.25) is 10.2 Å².